The molecule has 1 heterocycles. The maximum absolute atomic E-state index is 12.9. The van der Waals surface area contributed by atoms with E-state index in [4.69, 9.17) is 5.11 Å². The molecule has 1 spiro atoms. The fraction of sp³-hybridized carbons (Fsp3) is 0.778. The van der Waals surface area contributed by atoms with Crippen LogP contribution in [0.1, 0.15) is 53.4 Å². The average Bonchev–Trinajstić information content (AvgIpc) is 2.77. The molecule has 8 heteroatoms. The molecule has 2 rings (SSSR count). The van der Waals surface area contributed by atoms with E-state index in [1.807, 2.05) is 0 Å². The SMILES string of the molecule is CC(C(=O)O)N(C)C(=O)CN1C(=O)NC2(CCC(C(C)(C)C)CC2)C1=O. The minimum absolute atomic E-state index is 0.151. The molecule has 1 aliphatic carbocycles. The molecule has 146 valence electrons. The van der Waals surface area contributed by atoms with Crippen molar-refractivity contribution in [1.29, 1.82) is 0 Å². The lowest BCUT2D eigenvalue weighted by Crippen LogP contribution is -2.51. The van der Waals surface area contributed by atoms with E-state index in [0.29, 0.717) is 18.8 Å². The second kappa shape index (κ2) is 6.89. The molecule has 26 heavy (non-hydrogen) atoms. The highest BCUT2D eigenvalue weighted by Crippen LogP contribution is 2.43. The van der Waals surface area contributed by atoms with Gasteiger partial charge in [0.05, 0.1) is 0 Å². The number of amides is 4. The standard InChI is InChI=1S/C18H29N3O5/c1-11(14(23)24)20(5)13(22)10-21-15(25)18(19-16(21)26)8-6-12(7-9-18)17(2,3)4/h11-12H,6-10H2,1-5H3,(H,19,26)(H,23,24). The van der Waals surface area contributed by atoms with E-state index in [1.54, 1.807) is 0 Å². The number of likely N-dealkylation sites (N-methyl/N-ethyl adjacent to an activating group) is 1. The Morgan fingerprint density at radius 3 is 2.31 bits per heavy atom. The Morgan fingerprint density at radius 1 is 1.31 bits per heavy atom. The predicted molar refractivity (Wildman–Crippen MR) is 94.3 cm³/mol. The lowest BCUT2D eigenvalue weighted by atomic mass is 9.67. The minimum atomic E-state index is -1.14. The summed E-state index contributed by atoms with van der Waals surface area (Å²) < 4.78 is 0. The Balaban J connectivity index is 2.06. The summed E-state index contributed by atoms with van der Waals surface area (Å²) in [6.45, 7) is 7.46. The van der Waals surface area contributed by atoms with Crippen LogP contribution in [0.5, 0.6) is 0 Å². The molecule has 1 unspecified atom stereocenters. The molecule has 0 aromatic heterocycles. The van der Waals surface area contributed by atoms with Gasteiger partial charge in [-0.25, -0.2) is 9.59 Å². The number of nitrogens with one attached hydrogen (secondary N) is 1. The van der Waals surface area contributed by atoms with Crippen molar-refractivity contribution < 1.29 is 24.3 Å². The number of rotatable bonds is 4. The zero-order valence-corrected chi connectivity index (χ0v) is 16.2. The molecular weight excluding hydrogens is 338 g/mol. The van der Waals surface area contributed by atoms with Gasteiger partial charge in [0.1, 0.15) is 18.1 Å². The molecule has 0 aromatic carbocycles. The summed E-state index contributed by atoms with van der Waals surface area (Å²) in [5.41, 5.74) is -0.769. The van der Waals surface area contributed by atoms with E-state index >= 15 is 0 Å². The van der Waals surface area contributed by atoms with Crippen LogP contribution in [-0.2, 0) is 14.4 Å². The smallest absolute Gasteiger partial charge is 0.326 e. The lowest BCUT2D eigenvalue weighted by Gasteiger charge is -2.40. The van der Waals surface area contributed by atoms with Crippen LogP contribution in [0.2, 0.25) is 0 Å². The number of hydrogen-bond donors (Lipinski definition) is 2. The van der Waals surface area contributed by atoms with Crippen LogP contribution in [-0.4, -0.2) is 63.9 Å². The van der Waals surface area contributed by atoms with Crippen LogP contribution in [0.3, 0.4) is 0 Å². The van der Waals surface area contributed by atoms with Gasteiger partial charge in [0.15, 0.2) is 0 Å². The van der Waals surface area contributed by atoms with Crippen LogP contribution in [0.15, 0.2) is 0 Å². The molecular formula is C18H29N3O5. The molecule has 1 atom stereocenters. The molecule has 1 aliphatic heterocycles. The largest absolute Gasteiger partial charge is 0.480 e. The number of hydrogen-bond acceptors (Lipinski definition) is 4. The third-order valence-electron chi connectivity index (χ3n) is 5.93. The summed E-state index contributed by atoms with van der Waals surface area (Å²) in [5.74, 6) is -1.62. The van der Waals surface area contributed by atoms with Crippen molar-refractivity contribution in [1.82, 2.24) is 15.1 Å². The summed E-state index contributed by atoms with van der Waals surface area (Å²) >= 11 is 0. The van der Waals surface area contributed by atoms with Crippen molar-refractivity contribution in [3.63, 3.8) is 0 Å². The van der Waals surface area contributed by atoms with Gasteiger partial charge in [0.25, 0.3) is 5.91 Å². The maximum Gasteiger partial charge on any atom is 0.326 e. The highest BCUT2D eigenvalue weighted by molar-refractivity contribution is 6.09. The Bertz CT molecular complexity index is 617. The summed E-state index contributed by atoms with van der Waals surface area (Å²) in [6, 6.07) is -1.60. The number of carbonyl (C=O) groups excluding carboxylic acids is 3. The molecule has 1 saturated carbocycles. The second-order valence-corrected chi connectivity index (χ2v) is 8.56. The van der Waals surface area contributed by atoms with Crippen LogP contribution in [0.4, 0.5) is 4.79 Å². The highest BCUT2D eigenvalue weighted by Gasteiger charge is 2.53. The number of aliphatic carboxylic acids is 1. The van der Waals surface area contributed by atoms with E-state index in [0.717, 1.165) is 22.6 Å². The Morgan fingerprint density at radius 2 is 1.85 bits per heavy atom. The van der Waals surface area contributed by atoms with Crippen LogP contribution >= 0.6 is 0 Å². The summed E-state index contributed by atoms with van der Waals surface area (Å²) in [5, 5.41) is 11.8. The van der Waals surface area contributed by atoms with Crippen molar-refractivity contribution in [2.75, 3.05) is 13.6 Å². The fourth-order valence-corrected chi connectivity index (χ4v) is 3.76. The lowest BCUT2D eigenvalue weighted by molar-refractivity contribution is -0.149. The van der Waals surface area contributed by atoms with Crippen molar-refractivity contribution in [3.05, 3.63) is 0 Å². The first kappa shape index (κ1) is 20.2. The van der Waals surface area contributed by atoms with Gasteiger partial charge in [-0.15, -0.1) is 0 Å². The Labute approximate surface area is 153 Å². The molecule has 4 amide bonds. The first-order chi connectivity index (χ1) is 11.9. The first-order valence-corrected chi connectivity index (χ1v) is 9.01. The van der Waals surface area contributed by atoms with Crippen LogP contribution in [0, 0.1) is 11.3 Å². The van der Waals surface area contributed by atoms with Gasteiger partial charge in [-0.1, -0.05) is 20.8 Å². The Hall–Kier alpha value is -2.12. The molecule has 2 N–H and O–H groups in total. The predicted octanol–water partition coefficient (Wildman–Crippen LogP) is 1.44. The van der Waals surface area contributed by atoms with E-state index in [1.165, 1.54) is 14.0 Å². The molecule has 2 aliphatic rings. The number of carboxylic acids is 1. The molecule has 2 fully saturated rings. The normalized spacial score (nSPS) is 27.4. The minimum Gasteiger partial charge on any atom is -0.480 e. The quantitative estimate of drug-likeness (QED) is 0.731. The van der Waals surface area contributed by atoms with Crippen LogP contribution < -0.4 is 5.32 Å². The molecule has 8 nitrogen and oxygen atoms in total. The van der Waals surface area contributed by atoms with Gasteiger partial charge in [-0.2, -0.15) is 0 Å². The van der Waals surface area contributed by atoms with Gasteiger partial charge in [0.2, 0.25) is 5.91 Å². The van der Waals surface area contributed by atoms with E-state index in [-0.39, 0.29) is 11.3 Å². The topological polar surface area (TPSA) is 107 Å². The zero-order valence-electron chi connectivity index (χ0n) is 16.2. The van der Waals surface area contributed by atoms with E-state index < -0.39 is 36.0 Å². The first-order valence-electron chi connectivity index (χ1n) is 9.01. The van der Waals surface area contributed by atoms with Crippen molar-refractivity contribution in [3.8, 4) is 0 Å². The van der Waals surface area contributed by atoms with Gasteiger partial charge in [-0.05, 0) is 43.9 Å². The van der Waals surface area contributed by atoms with Crippen molar-refractivity contribution in [2.45, 2.75) is 65.0 Å². The number of carboxylic acid groups (broad SMARTS) is 1. The molecule has 0 aromatic rings. The molecule has 0 radical (unpaired) electrons. The number of urea groups is 1. The fourth-order valence-electron chi connectivity index (χ4n) is 3.76. The van der Waals surface area contributed by atoms with Gasteiger partial charge >= 0.3 is 12.0 Å². The summed E-state index contributed by atoms with van der Waals surface area (Å²) in [7, 11) is 1.35. The van der Waals surface area contributed by atoms with Gasteiger partial charge in [-0.3, -0.25) is 14.5 Å². The molecule has 0 bridgehead atoms. The van der Waals surface area contributed by atoms with Crippen molar-refractivity contribution >= 4 is 23.8 Å². The van der Waals surface area contributed by atoms with E-state index in [9.17, 15) is 19.2 Å². The summed E-state index contributed by atoms with van der Waals surface area (Å²) in [4.78, 5) is 50.4. The van der Waals surface area contributed by atoms with Crippen LogP contribution in [0.25, 0.3) is 0 Å². The third-order valence-corrected chi connectivity index (χ3v) is 5.93. The monoisotopic (exact) mass is 367 g/mol. The molecule has 1 saturated heterocycles. The number of nitrogens with zero attached hydrogens (tertiary/aromatic N) is 2. The third kappa shape index (κ3) is 3.68. The highest BCUT2D eigenvalue weighted by atomic mass is 16.4. The number of imide groups is 1. The summed E-state index contributed by atoms with van der Waals surface area (Å²) in [6.07, 6.45) is 2.80. The zero-order chi connectivity index (χ0) is 19.9. The van der Waals surface area contributed by atoms with Crippen molar-refractivity contribution in [2.24, 2.45) is 11.3 Å². The van der Waals surface area contributed by atoms with Gasteiger partial charge in [0, 0.05) is 7.05 Å². The van der Waals surface area contributed by atoms with E-state index in [2.05, 4.69) is 26.1 Å². The maximum atomic E-state index is 12.9. The Kier molecular flexibility index (Phi) is 5.35. The number of carbonyl (C=O) groups is 4. The average molecular weight is 367 g/mol. The van der Waals surface area contributed by atoms with Gasteiger partial charge < -0.3 is 15.3 Å². The second-order valence-electron chi connectivity index (χ2n) is 8.56.